The molecular weight excluding hydrogens is 178 g/mol. The average Bonchev–Trinajstić information content (AvgIpc) is 2.61. The first kappa shape index (κ1) is 9.10. The second-order valence-corrected chi connectivity index (χ2v) is 4.63. The third kappa shape index (κ3) is 2.26. The maximum Gasteiger partial charge on any atom is 0.0259 e. The molecule has 0 unspecified atom stereocenters. The number of rotatable bonds is 2. The Morgan fingerprint density at radius 1 is 1.15 bits per heavy atom. The zero-order valence-corrected chi connectivity index (χ0v) is 8.81. The number of nitrogens with zero attached hydrogens (tertiary/aromatic N) is 1. The van der Waals surface area contributed by atoms with E-state index in [-0.39, 0.29) is 0 Å². The highest BCUT2D eigenvalue weighted by molar-refractivity contribution is 7.97. The molecule has 70 valence electrons. The molecule has 1 nitrogen and oxygen atoms in total. The molecule has 1 saturated heterocycles. The van der Waals surface area contributed by atoms with Crippen molar-refractivity contribution in [1.82, 2.24) is 4.31 Å². The van der Waals surface area contributed by atoms with E-state index in [0.29, 0.717) is 0 Å². The average molecular weight is 193 g/mol. The molecule has 13 heavy (non-hydrogen) atoms. The van der Waals surface area contributed by atoms with E-state index in [1.54, 1.807) is 0 Å². The second-order valence-electron chi connectivity index (χ2n) is 3.49. The van der Waals surface area contributed by atoms with Crippen molar-refractivity contribution in [2.24, 2.45) is 0 Å². The summed E-state index contributed by atoms with van der Waals surface area (Å²) in [4.78, 5) is 1.41. The Labute approximate surface area is 84.3 Å². The van der Waals surface area contributed by atoms with Crippen LogP contribution in [0.25, 0.3) is 0 Å². The molecule has 0 bridgehead atoms. The maximum atomic E-state index is 2.46. The molecule has 1 fully saturated rings. The molecule has 1 aromatic carbocycles. The van der Waals surface area contributed by atoms with Crippen molar-refractivity contribution in [2.45, 2.75) is 24.7 Å². The normalized spacial score (nSPS) is 17.9. The van der Waals surface area contributed by atoms with Crippen molar-refractivity contribution in [1.29, 1.82) is 0 Å². The molecule has 0 spiro atoms. The fourth-order valence-corrected chi connectivity index (χ4v) is 2.65. The lowest BCUT2D eigenvalue weighted by molar-refractivity contribution is 0.586. The molecule has 1 aliphatic rings. The van der Waals surface area contributed by atoms with Gasteiger partial charge < -0.3 is 0 Å². The van der Waals surface area contributed by atoms with Crippen LogP contribution in [0.5, 0.6) is 0 Å². The van der Waals surface area contributed by atoms with Crippen LogP contribution in [0.2, 0.25) is 0 Å². The lowest BCUT2D eigenvalue weighted by Crippen LogP contribution is -2.08. The number of benzene rings is 1. The third-order valence-electron chi connectivity index (χ3n) is 2.39. The molecule has 1 heterocycles. The van der Waals surface area contributed by atoms with Crippen LogP contribution in [-0.4, -0.2) is 17.4 Å². The van der Waals surface area contributed by atoms with Crippen LogP contribution in [0.15, 0.2) is 29.2 Å². The topological polar surface area (TPSA) is 3.24 Å². The van der Waals surface area contributed by atoms with E-state index in [0.717, 1.165) is 0 Å². The van der Waals surface area contributed by atoms with Gasteiger partial charge in [-0.25, -0.2) is 4.31 Å². The molecule has 0 N–H and O–H groups in total. The Balaban J connectivity index is 2.04. The summed E-state index contributed by atoms with van der Waals surface area (Å²) in [5, 5.41) is 0. The van der Waals surface area contributed by atoms with Crippen molar-refractivity contribution >= 4 is 11.9 Å². The minimum atomic E-state index is 1.25. The molecule has 0 radical (unpaired) electrons. The van der Waals surface area contributed by atoms with Crippen molar-refractivity contribution in [3.8, 4) is 0 Å². The first-order valence-corrected chi connectivity index (χ1v) is 5.62. The molecule has 2 heteroatoms. The molecule has 0 amide bonds. The summed E-state index contributed by atoms with van der Waals surface area (Å²) < 4.78 is 2.46. The van der Waals surface area contributed by atoms with E-state index in [2.05, 4.69) is 35.5 Å². The van der Waals surface area contributed by atoms with E-state index in [1.165, 1.54) is 36.4 Å². The highest BCUT2D eigenvalue weighted by atomic mass is 32.2. The molecule has 0 atom stereocenters. The monoisotopic (exact) mass is 193 g/mol. The fraction of sp³-hybridized carbons (Fsp3) is 0.455. The van der Waals surface area contributed by atoms with Crippen LogP contribution in [0.3, 0.4) is 0 Å². The van der Waals surface area contributed by atoms with Gasteiger partial charge in [0.1, 0.15) is 0 Å². The molecule has 0 saturated carbocycles. The minimum Gasteiger partial charge on any atom is -0.246 e. The highest BCUT2D eigenvalue weighted by Gasteiger charge is 2.13. The number of hydrogen-bond acceptors (Lipinski definition) is 2. The van der Waals surface area contributed by atoms with Crippen molar-refractivity contribution in [3.63, 3.8) is 0 Å². The Hall–Kier alpha value is -0.470. The van der Waals surface area contributed by atoms with Crippen molar-refractivity contribution in [3.05, 3.63) is 29.8 Å². The largest absolute Gasteiger partial charge is 0.246 e. The van der Waals surface area contributed by atoms with Crippen LogP contribution in [0, 0.1) is 6.92 Å². The smallest absolute Gasteiger partial charge is 0.0259 e. The van der Waals surface area contributed by atoms with E-state index in [4.69, 9.17) is 0 Å². The lowest BCUT2D eigenvalue weighted by Gasteiger charge is -2.14. The summed E-state index contributed by atoms with van der Waals surface area (Å²) in [5.41, 5.74) is 1.39. The van der Waals surface area contributed by atoms with Crippen molar-refractivity contribution in [2.75, 3.05) is 13.1 Å². The van der Waals surface area contributed by atoms with Gasteiger partial charge in [0.2, 0.25) is 0 Å². The molecule has 2 rings (SSSR count). The van der Waals surface area contributed by atoms with Crippen LogP contribution >= 0.6 is 11.9 Å². The summed E-state index contributed by atoms with van der Waals surface area (Å²) in [7, 11) is 0. The van der Waals surface area contributed by atoms with Crippen LogP contribution in [-0.2, 0) is 0 Å². The Bertz CT molecular complexity index is 279. The van der Waals surface area contributed by atoms with E-state index < -0.39 is 0 Å². The summed E-state index contributed by atoms with van der Waals surface area (Å²) in [6.45, 7) is 4.68. The van der Waals surface area contributed by atoms with Gasteiger partial charge in [-0.3, -0.25) is 0 Å². The molecule has 0 aromatic heterocycles. The summed E-state index contributed by atoms with van der Waals surface area (Å²) >= 11 is 1.91. The SMILES string of the molecule is Cc1ccccc1SN1CCCC1. The van der Waals surface area contributed by atoms with Gasteiger partial charge in [0.25, 0.3) is 0 Å². The van der Waals surface area contributed by atoms with Gasteiger partial charge in [-0.2, -0.15) is 0 Å². The predicted molar refractivity (Wildman–Crippen MR) is 57.8 cm³/mol. The fourth-order valence-electron chi connectivity index (χ4n) is 1.58. The zero-order valence-electron chi connectivity index (χ0n) is 7.99. The molecule has 1 aliphatic heterocycles. The Morgan fingerprint density at radius 3 is 2.54 bits per heavy atom. The van der Waals surface area contributed by atoms with Gasteiger partial charge >= 0.3 is 0 Å². The zero-order chi connectivity index (χ0) is 9.10. The van der Waals surface area contributed by atoms with Gasteiger partial charge in [-0.1, -0.05) is 18.2 Å². The van der Waals surface area contributed by atoms with Gasteiger partial charge in [0.15, 0.2) is 0 Å². The number of hydrogen-bond donors (Lipinski definition) is 0. The van der Waals surface area contributed by atoms with E-state index in [9.17, 15) is 0 Å². The van der Waals surface area contributed by atoms with Gasteiger partial charge in [-0.15, -0.1) is 0 Å². The van der Waals surface area contributed by atoms with Crippen molar-refractivity contribution < 1.29 is 0 Å². The summed E-state index contributed by atoms with van der Waals surface area (Å²) in [6.07, 6.45) is 2.72. The summed E-state index contributed by atoms with van der Waals surface area (Å²) in [5.74, 6) is 0. The van der Waals surface area contributed by atoms with Gasteiger partial charge in [0, 0.05) is 18.0 Å². The summed E-state index contributed by atoms with van der Waals surface area (Å²) in [6, 6.07) is 8.60. The van der Waals surface area contributed by atoms with E-state index >= 15 is 0 Å². The first-order valence-electron chi connectivity index (χ1n) is 4.85. The molecular formula is C11H15NS. The Kier molecular flexibility index (Phi) is 2.91. The van der Waals surface area contributed by atoms with Gasteiger partial charge in [0.05, 0.1) is 0 Å². The Morgan fingerprint density at radius 2 is 1.85 bits per heavy atom. The van der Waals surface area contributed by atoms with Crippen LogP contribution < -0.4 is 0 Å². The van der Waals surface area contributed by atoms with E-state index in [1.807, 2.05) is 11.9 Å². The van der Waals surface area contributed by atoms with Crippen LogP contribution in [0.1, 0.15) is 18.4 Å². The standard InChI is InChI=1S/C11H15NS/c1-10-6-2-3-7-11(10)13-12-8-4-5-9-12/h2-3,6-7H,4-5,8-9H2,1H3. The van der Waals surface area contributed by atoms with Crippen LogP contribution in [0.4, 0.5) is 0 Å². The predicted octanol–water partition coefficient (Wildman–Crippen LogP) is 3.10. The maximum absolute atomic E-state index is 2.46. The van der Waals surface area contributed by atoms with Gasteiger partial charge in [-0.05, 0) is 43.3 Å². The molecule has 1 aromatic rings. The minimum absolute atomic E-state index is 1.25. The lowest BCUT2D eigenvalue weighted by atomic mass is 10.2. The number of aryl methyl sites for hydroxylation is 1. The first-order chi connectivity index (χ1) is 6.36. The third-order valence-corrected chi connectivity index (χ3v) is 3.66. The molecule has 0 aliphatic carbocycles. The highest BCUT2D eigenvalue weighted by Crippen LogP contribution is 2.28. The quantitative estimate of drug-likeness (QED) is 0.664. The second kappa shape index (κ2) is 4.16.